The molecule has 1 heterocycles. The Labute approximate surface area is 273 Å². The van der Waals surface area contributed by atoms with Crippen LogP contribution in [0.3, 0.4) is 0 Å². The second-order valence-electron chi connectivity index (χ2n) is 11.5. The number of rotatable bonds is 9. The van der Waals surface area contributed by atoms with Crippen molar-refractivity contribution in [2.75, 3.05) is 30.4 Å². The summed E-state index contributed by atoms with van der Waals surface area (Å²) in [5.74, 6) is -2.08. The van der Waals surface area contributed by atoms with Crippen LogP contribution >= 0.6 is 0 Å². The van der Waals surface area contributed by atoms with Gasteiger partial charge in [0.2, 0.25) is 10.0 Å². The molecule has 10 nitrogen and oxygen atoms in total. The second-order valence-corrected chi connectivity index (χ2v) is 14.1. The number of hydrogen-bond donors (Lipinski definition) is 3. The molecule has 0 saturated carbocycles. The fraction of sp³-hybridized carbons (Fsp3) is 0.353. The zero-order valence-electron chi connectivity index (χ0n) is 26.6. The van der Waals surface area contributed by atoms with Gasteiger partial charge < -0.3 is 25.2 Å². The van der Waals surface area contributed by atoms with Gasteiger partial charge in [0.25, 0.3) is 11.8 Å². The summed E-state index contributed by atoms with van der Waals surface area (Å²) < 4.78 is 66.1. The molecule has 3 aromatic rings. The number of aliphatic hydroxyl groups excluding tert-OH is 1. The number of carbonyl (C=O) groups excluding carboxylic acids is 2. The van der Waals surface area contributed by atoms with Crippen molar-refractivity contribution in [2.24, 2.45) is 0 Å². The van der Waals surface area contributed by atoms with Crippen molar-refractivity contribution in [1.82, 2.24) is 5.32 Å². The summed E-state index contributed by atoms with van der Waals surface area (Å²) in [4.78, 5) is 26.7. The molecule has 0 saturated heterocycles. The van der Waals surface area contributed by atoms with Gasteiger partial charge in [-0.1, -0.05) is 12.2 Å². The van der Waals surface area contributed by atoms with Crippen LogP contribution in [0.25, 0.3) is 0 Å². The molecule has 3 atom stereocenters. The molecule has 13 heteroatoms. The summed E-state index contributed by atoms with van der Waals surface area (Å²) in [5, 5.41) is 16.0. The summed E-state index contributed by atoms with van der Waals surface area (Å²) >= 11 is 0. The lowest BCUT2D eigenvalue weighted by Gasteiger charge is -2.27. The topological polar surface area (TPSA) is 134 Å². The SMILES string of the molecule is CO[C@H](C[C@H](O)[C@@H]1COc2cc(F)cc(c2)C/C=C/Cc2cc(cc(N(C)S(=O)(=O)C(C)C)c2)C(=O)N1)C(=O)Nc1ccc(F)cc1. The number of halogens is 2. The number of methoxy groups -OCH3 is 1. The number of allylic oxidation sites excluding steroid dienone is 2. The molecule has 4 bridgehead atoms. The first kappa shape index (κ1) is 35.5. The third kappa shape index (κ3) is 9.37. The average Bonchev–Trinajstić information content (AvgIpc) is 3.03. The molecule has 252 valence electrons. The van der Waals surface area contributed by atoms with E-state index in [0.29, 0.717) is 29.7 Å². The number of amides is 2. The van der Waals surface area contributed by atoms with Crippen molar-refractivity contribution in [3.8, 4) is 5.75 Å². The molecular formula is C34H39F2N3O7S. The zero-order chi connectivity index (χ0) is 34.3. The molecule has 2 amide bonds. The first-order chi connectivity index (χ1) is 22.3. The minimum Gasteiger partial charge on any atom is -0.491 e. The number of nitrogens with zero attached hydrogens (tertiary/aromatic N) is 1. The number of anilines is 2. The highest BCUT2D eigenvalue weighted by atomic mass is 32.2. The van der Waals surface area contributed by atoms with Gasteiger partial charge >= 0.3 is 0 Å². The Balaban J connectivity index is 1.66. The number of ether oxygens (including phenoxy) is 2. The van der Waals surface area contributed by atoms with Crippen LogP contribution in [-0.4, -0.2) is 69.6 Å². The second kappa shape index (κ2) is 15.5. The highest BCUT2D eigenvalue weighted by Crippen LogP contribution is 2.25. The molecule has 3 aromatic carbocycles. The first-order valence-corrected chi connectivity index (χ1v) is 16.5. The van der Waals surface area contributed by atoms with Gasteiger partial charge in [0.05, 0.1) is 23.1 Å². The van der Waals surface area contributed by atoms with Crippen LogP contribution in [0.1, 0.15) is 41.8 Å². The summed E-state index contributed by atoms with van der Waals surface area (Å²) in [7, 11) is -1.03. The maximum absolute atomic E-state index is 14.5. The quantitative estimate of drug-likeness (QED) is 0.288. The van der Waals surface area contributed by atoms with Crippen molar-refractivity contribution in [1.29, 1.82) is 0 Å². The van der Waals surface area contributed by atoms with Gasteiger partial charge in [0.1, 0.15) is 30.1 Å². The Kier molecular flexibility index (Phi) is 11.7. The van der Waals surface area contributed by atoms with E-state index in [9.17, 15) is 31.9 Å². The van der Waals surface area contributed by atoms with Gasteiger partial charge in [-0.15, -0.1) is 0 Å². The number of carbonyl (C=O) groups is 2. The Morgan fingerprint density at radius 2 is 1.70 bits per heavy atom. The van der Waals surface area contributed by atoms with Gasteiger partial charge in [0.15, 0.2) is 0 Å². The standard InChI is InChI=1S/C34H39F2N3O7S/c1-21(2)47(43,44)39(3)28-15-22-7-5-6-8-23-14-26(36)18-29(16-23)46-20-30(38-33(41)24(13-22)17-28)31(40)19-32(45-4)34(42)37-27-11-9-25(35)10-12-27/h5-6,9-18,21,30-32,40H,7-8,19-20H2,1-4H3,(H,37,42)(H,38,41)/b6-5+/t30-,31-,32+/m0/s1. The molecule has 4 rings (SSSR count). The molecule has 0 fully saturated rings. The van der Waals surface area contributed by atoms with Gasteiger partial charge in [-0.05, 0) is 92.4 Å². The van der Waals surface area contributed by atoms with Crippen LogP contribution in [0.2, 0.25) is 0 Å². The Morgan fingerprint density at radius 3 is 2.34 bits per heavy atom. The normalized spacial score (nSPS) is 17.4. The fourth-order valence-corrected chi connectivity index (χ4v) is 6.00. The summed E-state index contributed by atoms with van der Waals surface area (Å²) in [5.41, 5.74) is 2.00. The van der Waals surface area contributed by atoms with E-state index in [0.717, 1.165) is 4.31 Å². The van der Waals surface area contributed by atoms with E-state index in [4.69, 9.17) is 9.47 Å². The lowest BCUT2D eigenvalue weighted by atomic mass is 10.0. The average molecular weight is 672 g/mol. The minimum absolute atomic E-state index is 0.132. The third-order valence-electron chi connectivity index (χ3n) is 7.74. The van der Waals surface area contributed by atoms with E-state index in [2.05, 4.69) is 10.6 Å². The number of benzene rings is 3. The zero-order valence-corrected chi connectivity index (χ0v) is 27.4. The molecule has 1 aliphatic heterocycles. The molecule has 0 aromatic heterocycles. The lowest BCUT2D eigenvalue weighted by Crippen LogP contribution is -2.49. The Morgan fingerprint density at radius 1 is 1.04 bits per heavy atom. The lowest BCUT2D eigenvalue weighted by molar-refractivity contribution is -0.127. The molecule has 0 unspecified atom stereocenters. The number of nitrogens with one attached hydrogen (secondary N) is 2. The smallest absolute Gasteiger partial charge is 0.253 e. The highest BCUT2D eigenvalue weighted by molar-refractivity contribution is 7.93. The molecule has 0 spiro atoms. The van der Waals surface area contributed by atoms with Crippen molar-refractivity contribution >= 4 is 33.2 Å². The molecule has 0 aliphatic carbocycles. The van der Waals surface area contributed by atoms with Crippen molar-refractivity contribution in [3.63, 3.8) is 0 Å². The van der Waals surface area contributed by atoms with Crippen LogP contribution in [0.5, 0.6) is 5.75 Å². The van der Waals surface area contributed by atoms with Crippen LogP contribution in [-0.2, 0) is 32.4 Å². The first-order valence-electron chi connectivity index (χ1n) is 15.0. The van der Waals surface area contributed by atoms with E-state index < -0.39 is 57.0 Å². The molecule has 1 aliphatic rings. The van der Waals surface area contributed by atoms with E-state index >= 15 is 0 Å². The summed E-state index contributed by atoms with van der Waals surface area (Å²) in [6.45, 7) is 2.81. The predicted octanol–water partition coefficient (Wildman–Crippen LogP) is 4.38. The van der Waals surface area contributed by atoms with Crippen molar-refractivity contribution in [3.05, 3.63) is 101 Å². The maximum Gasteiger partial charge on any atom is 0.253 e. The summed E-state index contributed by atoms with van der Waals surface area (Å²) in [6, 6.07) is 12.9. The van der Waals surface area contributed by atoms with Crippen LogP contribution in [0, 0.1) is 11.6 Å². The maximum atomic E-state index is 14.5. The van der Waals surface area contributed by atoms with Gasteiger partial charge in [-0.25, -0.2) is 17.2 Å². The molecule has 47 heavy (non-hydrogen) atoms. The number of sulfonamides is 1. The highest BCUT2D eigenvalue weighted by Gasteiger charge is 2.30. The van der Waals surface area contributed by atoms with Crippen molar-refractivity contribution < 1.29 is 41.4 Å². The van der Waals surface area contributed by atoms with Crippen molar-refractivity contribution in [2.45, 2.75) is 56.6 Å². The van der Waals surface area contributed by atoms with E-state index in [-0.39, 0.29) is 30.0 Å². The summed E-state index contributed by atoms with van der Waals surface area (Å²) in [6.07, 6.45) is 1.55. The monoisotopic (exact) mass is 671 g/mol. The molecular weight excluding hydrogens is 632 g/mol. The van der Waals surface area contributed by atoms with Crippen LogP contribution in [0.4, 0.5) is 20.2 Å². The van der Waals surface area contributed by atoms with Gasteiger partial charge in [-0.2, -0.15) is 0 Å². The minimum atomic E-state index is -3.72. The molecule has 3 N–H and O–H groups in total. The van der Waals surface area contributed by atoms with Gasteiger partial charge in [0, 0.05) is 37.9 Å². The number of hydrogen-bond acceptors (Lipinski definition) is 7. The predicted molar refractivity (Wildman–Crippen MR) is 175 cm³/mol. The van der Waals surface area contributed by atoms with Crippen LogP contribution in [0.15, 0.2) is 72.8 Å². The van der Waals surface area contributed by atoms with Gasteiger partial charge in [-0.3, -0.25) is 13.9 Å². The number of aliphatic hydroxyl groups is 1. The Bertz CT molecular complexity index is 1720. The van der Waals surface area contributed by atoms with Crippen LogP contribution < -0.4 is 19.7 Å². The molecule has 0 radical (unpaired) electrons. The van der Waals surface area contributed by atoms with E-state index in [1.54, 1.807) is 32.0 Å². The third-order valence-corrected chi connectivity index (χ3v) is 9.91. The van der Waals surface area contributed by atoms with E-state index in [1.807, 2.05) is 12.2 Å². The van der Waals surface area contributed by atoms with E-state index in [1.165, 1.54) is 56.6 Å². The Hall–Kier alpha value is -4.33. The largest absolute Gasteiger partial charge is 0.491 e. The fourth-order valence-electron chi connectivity index (χ4n) is 4.97. The number of fused-ring (bicyclic) bond motifs is 4.